The minimum absolute atomic E-state index is 0.496. The van der Waals surface area contributed by atoms with Gasteiger partial charge in [-0.3, -0.25) is 4.68 Å². The van der Waals surface area contributed by atoms with Gasteiger partial charge in [-0.2, -0.15) is 5.10 Å². The van der Waals surface area contributed by atoms with E-state index in [0.29, 0.717) is 17.9 Å². The fourth-order valence-corrected chi connectivity index (χ4v) is 1.48. The van der Waals surface area contributed by atoms with Crippen molar-refractivity contribution in [1.29, 1.82) is 0 Å². The molecular weight excluding hydrogens is 172 g/mol. The Bertz CT molecular complexity index is 274. The molecule has 0 amide bonds. The Morgan fingerprint density at radius 2 is 1.86 bits per heavy atom. The Hall–Kier alpha value is -0.790. The van der Waals surface area contributed by atoms with Gasteiger partial charge in [-0.05, 0) is 30.7 Å². The first-order valence-electron chi connectivity index (χ1n) is 5.53. The van der Waals surface area contributed by atoms with Crippen molar-refractivity contribution >= 4 is 0 Å². The summed E-state index contributed by atoms with van der Waals surface area (Å²) < 4.78 is 2.09. The van der Waals surface area contributed by atoms with Crippen molar-refractivity contribution in [1.82, 2.24) is 9.78 Å². The van der Waals surface area contributed by atoms with Crippen LogP contribution in [0.25, 0.3) is 0 Å². The molecule has 0 aliphatic rings. The molecule has 0 bridgehead atoms. The monoisotopic (exact) mass is 194 g/mol. The average Bonchev–Trinajstić information content (AvgIpc) is 2.50. The molecule has 0 spiro atoms. The molecule has 1 aromatic rings. The average molecular weight is 194 g/mol. The second-order valence-corrected chi connectivity index (χ2v) is 4.91. The molecule has 0 aliphatic carbocycles. The molecular formula is C12H22N2. The minimum Gasteiger partial charge on any atom is -0.269 e. The van der Waals surface area contributed by atoms with Crippen molar-refractivity contribution in [2.75, 3.05) is 0 Å². The van der Waals surface area contributed by atoms with Crippen molar-refractivity contribution in [3.8, 4) is 0 Å². The predicted octanol–water partition coefficient (Wildman–Crippen LogP) is 3.30. The van der Waals surface area contributed by atoms with Gasteiger partial charge in [-0.15, -0.1) is 0 Å². The number of nitrogens with zero attached hydrogens (tertiary/aromatic N) is 2. The lowest BCUT2D eigenvalue weighted by atomic mass is 10.1. The van der Waals surface area contributed by atoms with Crippen molar-refractivity contribution < 1.29 is 0 Å². The summed E-state index contributed by atoms with van der Waals surface area (Å²) in [7, 11) is 0. The Labute approximate surface area is 87.3 Å². The SMILES string of the molecule is CC(C)Cc1cnn([C@H](C)C(C)C)c1. The van der Waals surface area contributed by atoms with Crippen LogP contribution in [0, 0.1) is 11.8 Å². The van der Waals surface area contributed by atoms with Gasteiger partial charge in [0.05, 0.1) is 12.2 Å². The fourth-order valence-electron chi connectivity index (χ4n) is 1.48. The lowest BCUT2D eigenvalue weighted by Gasteiger charge is -2.15. The summed E-state index contributed by atoms with van der Waals surface area (Å²) in [4.78, 5) is 0. The molecule has 2 heteroatoms. The van der Waals surface area contributed by atoms with E-state index in [9.17, 15) is 0 Å². The van der Waals surface area contributed by atoms with Crippen LogP contribution in [0.2, 0.25) is 0 Å². The van der Waals surface area contributed by atoms with E-state index in [4.69, 9.17) is 0 Å². The molecule has 2 nitrogen and oxygen atoms in total. The largest absolute Gasteiger partial charge is 0.269 e. The van der Waals surface area contributed by atoms with E-state index < -0.39 is 0 Å². The summed E-state index contributed by atoms with van der Waals surface area (Å²) >= 11 is 0. The quantitative estimate of drug-likeness (QED) is 0.719. The molecule has 0 saturated heterocycles. The molecule has 0 aliphatic heterocycles. The third kappa shape index (κ3) is 2.86. The molecule has 0 saturated carbocycles. The highest BCUT2D eigenvalue weighted by molar-refractivity contribution is 5.05. The number of hydrogen-bond donors (Lipinski definition) is 0. The molecule has 1 atom stereocenters. The summed E-state index contributed by atoms with van der Waals surface area (Å²) in [5.41, 5.74) is 1.35. The highest BCUT2D eigenvalue weighted by Gasteiger charge is 2.10. The standard InChI is InChI=1S/C12H22N2/c1-9(2)6-12-7-13-14(8-12)11(5)10(3)4/h7-11H,6H2,1-5H3/t11-/m1/s1. The zero-order chi connectivity index (χ0) is 10.7. The molecule has 0 aromatic carbocycles. The minimum atomic E-state index is 0.496. The second-order valence-electron chi connectivity index (χ2n) is 4.91. The molecule has 1 rings (SSSR count). The van der Waals surface area contributed by atoms with Crippen molar-refractivity contribution in [2.24, 2.45) is 11.8 Å². The fraction of sp³-hybridized carbons (Fsp3) is 0.750. The predicted molar refractivity (Wildman–Crippen MR) is 60.3 cm³/mol. The molecule has 0 unspecified atom stereocenters. The Kier molecular flexibility index (Phi) is 3.73. The first kappa shape index (κ1) is 11.3. The number of hydrogen-bond acceptors (Lipinski definition) is 1. The first-order chi connectivity index (χ1) is 6.50. The van der Waals surface area contributed by atoms with Gasteiger partial charge >= 0.3 is 0 Å². The molecule has 0 radical (unpaired) electrons. The smallest absolute Gasteiger partial charge is 0.0521 e. The summed E-state index contributed by atoms with van der Waals surface area (Å²) in [5.74, 6) is 1.35. The molecule has 0 fully saturated rings. The summed E-state index contributed by atoms with van der Waals surface area (Å²) in [6, 6.07) is 0.496. The molecule has 14 heavy (non-hydrogen) atoms. The lowest BCUT2D eigenvalue weighted by molar-refractivity contribution is 0.375. The van der Waals surface area contributed by atoms with Crippen LogP contribution < -0.4 is 0 Å². The Balaban J connectivity index is 2.67. The summed E-state index contributed by atoms with van der Waals surface area (Å²) in [6.07, 6.45) is 5.31. The topological polar surface area (TPSA) is 17.8 Å². The van der Waals surface area contributed by atoms with Crippen LogP contribution in [-0.2, 0) is 6.42 Å². The molecule has 1 heterocycles. The Morgan fingerprint density at radius 3 is 2.36 bits per heavy atom. The summed E-state index contributed by atoms with van der Waals surface area (Å²) in [6.45, 7) is 11.2. The van der Waals surface area contributed by atoms with Gasteiger partial charge in [0.25, 0.3) is 0 Å². The van der Waals surface area contributed by atoms with Crippen LogP contribution in [0.3, 0.4) is 0 Å². The maximum atomic E-state index is 4.41. The number of rotatable bonds is 4. The van der Waals surface area contributed by atoms with Crippen LogP contribution in [0.1, 0.15) is 46.2 Å². The zero-order valence-corrected chi connectivity index (χ0v) is 9.99. The maximum Gasteiger partial charge on any atom is 0.0521 e. The van der Waals surface area contributed by atoms with Gasteiger partial charge in [-0.25, -0.2) is 0 Å². The van der Waals surface area contributed by atoms with Gasteiger partial charge in [0.1, 0.15) is 0 Å². The van der Waals surface area contributed by atoms with Gasteiger partial charge < -0.3 is 0 Å². The highest BCUT2D eigenvalue weighted by Crippen LogP contribution is 2.17. The van der Waals surface area contributed by atoms with Crippen LogP contribution in [-0.4, -0.2) is 9.78 Å². The molecule has 1 aromatic heterocycles. The van der Waals surface area contributed by atoms with E-state index >= 15 is 0 Å². The highest BCUT2D eigenvalue weighted by atomic mass is 15.3. The van der Waals surface area contributed by atoms with Gasteiger partial charge in [-0.1, -0.05) is 27.7 Å². The number of aromatic nitrogens is 2. The van der Waals surface area contributed by atoms with E-state index in [1.54, 1.807) is 0 Å². The first-order valence-corrected chi connectivity index (χ1v) is 5.53. The van der Waals surface area contributed by atoms with Crippen molar-refractivity contribution in [2.45, 2.75) is 47.1 Å². The summed E-state index contributed by atoms with van der Waals surface area (Å²) in [5, 5.41) is 4.41. The molecule has 80 valence electrons. The van der Waals surface area contributed by atoms with Gasteiger partial charge in [0, 0.05) is 6.20 Å². The third-order valence-electron chi connectivity index (χ3n) is 2.68. The van der Waals surface area contributed by atoms with Gasteiger partial charge in [0.15, 0.2) is 0 Å². The van der Waals surface area contributed by atoms with Crippen molar-refractivity contribution in [3.63, 3.8) is 0 Å². The van der Waals surface area contributed by atoms with Crippen LogP contribution >= 0.6 is 0 Å². The van der Waals surface area contributed by atoms with Crippen molar-refractivity contribution in [3.05, 3.63) is 18.0 Å². The lowest BCUT2D eigenvalue weighted by Crippen LogP contribution is -2.11. The van der Waals surface area contributed by atoms with E-state index in [-0.39, 0.29) is 0 Å². The van der Waals surface area contributed by atoms with Crippen LogP contribution in [0.5, 0.6) is 0 Å². The third-order valence-corrected chi connectivity index (χ3v) is 2.68. The normalized spacial score (nSPS) is 13.9. The molecule has 0 N–H and O–H groups in total. The van der Waals surface area contributed by atoms with E-state index in [0.717, 1.165) is 6.42 Å². The van der Waals surface area contributed by atoms with Gasteiger partial charge in [0.2, 0.25) is 0 Å². The van der Waals surface area contributed by atoms with Crippen LogP contribution in [0.15, 0.2) is 12.4 Å². The Morgan fingerprint density at radius 1 is 1.21 bits per heavy atom. The van der Waals surface area contributed by atoms with E-state index in [2.05, 4.69) is 50.6 Å². The zero-order valence-electron chi connectivity index (χ0n) is 9.99. The maximum absolute atomic E-state index is 4.41. The van der Waals surface area contributed by atoms with Crippen LogP contribution in [0.4, 0.5) is 0 Å². The van der Waals surface area contributed by atoms with E-state index in [1.807, 2.05) is 6.20 Å². The second kappa shape index (κ2) is 4.63. The van der Waals surface area contributed by atoms with E-state index in [1.165, 1.54) is 5.56 Å².